The van der Waals surface area contributed by atoms with E-state index in [4.69, 9.17) is 4.74 Å². The van der Waals surface area contributed by atoms with Crippen molar-refractivity contribution in [3.05, 3.63) is 42.5 Å². The molecule has 1 aromatic rings. The van der Waals surface area contributed by atoms with Crippen LogP contribution in [0.3, 0.4) is 0 Å². The molecule has 0 fully saturated rings. The Labute approximate surface area is 141 Å². The van der Waals surface area contributed by atoms with E-state index >= 15 is 0 Å². The van der Waals surface area contributed by atoms with E-state index in [1.54, 1.807) is 13.8 Å². The Balaban J connectivity index is 3.02. The van der Waals surface area contributed by atoms with Crippen LogP contribution in [0.1, 0.15) is 46.6 Å². The molecule has 1 rings (SSSR count). The van der Waals surface area contributed by atoms with E-state index in [1.165, 1.54) is 0 Å². The molecule has 0 aliphatic carbocycles. The van der Waals surface area contributed by atoms with Crippen molar-refractivity contribution in [3.8, 4) is 0 Å². The van der Waals surface area contributed by atoms with Gasteiger partial charge in [0, 0.05) is 6.42 Å². The van der Waals surface area contributed by atoms with Crippen LogP contribution in [0.4, 0.5) is 0 Å². The number of hydrogen-bond donors (Lipinski definition) is 1. The first-order chi connectivity index (χ1) is 10.6. The molecule has 23 heavy (non-hydrogen) atoms. The molecule has 0 bridgehead atoms. The molecule has 128 valence electrons. The molecule has 0 aliphatic heterocycles. The lowest BCUT2D eigenvalue weighted by Gasteiger charge is -2.32. The lowest BCUT2D eigenvalue weighted by molar-refractivity contribution is -0.149. The molecule has 0 radical (unpaired) electrons. The third-order valence-corrected chi connectivity index (χ3v) is 5.10. The van der Waals surface area contributed by atoms with Crippen LogP contribution >= 0.6 is 0 Å². The van der Waals surface area contributed by atoms with E-state index in [1.807, 2.05) is 51.1 Å². The predicted molar refractivity (Wildman–Crippen MR) is 96.2 cm³/mol. The van der Waals surface area contributed by atoms with Crippen molar-refractivity contribution in [2.24, 2.45) is 0 Å². The average molecular weight is 337 g/mol. The molecule has 2 atom stereocenters. The summed E-state index contributed by atoms with van der Waals surface area (Å²) in [5.74, 6) is -0.422. The zero-order valence-electron chi connectivity index (χ0n) is 14.6. The highest BCUT2D eigenvalue weighted by molar-refractivity contribution is 7.84. The van der Waals surface area contributed by atoms with Gasteiger partial charge in [-0.25, -0.2) is 8.93 Å². The van der Waals surface area contributed by atoms with Gasteiger partial charge in [-0.3, -0.25) is 4.79 Å². The first kappa shape index (κ1) is 19.6. The molecular weight excluding hydrogens is 310 g/mol. The Hall–Kier alpha value is -1.46. The number of hydrogen-bond acceptors (Lipinski definition) is 3. The molecule has 1 unspecified atom stereocenters. The van der Waals surface area contributed by atoms with Gasteiger partial charge in [-0.1, -0.05) is 36.9 Å². The fourth-order valence-electron chi connectivity index (χ4n) is 2.00. The van der Waals surface area contributed by atoms with Gasteiger partial charge >= 0.3 is 5.97 Å². The van der Waals surface area contributed by atoms with Crippen LogP contribution in [0.2, 0.25) is 0 Å². The molecular formula is C18H27NO3S. The van der Waals surface area contributed by atoms with Crippen LogP contribution in [0.5, 0.6) is 0 Å². The summed E-state index contributed by atoms with van der Waals surface area (Å²) in [5, 5.41) is 0. The van der Waals surface area contributed by atoms with Gasteiger partial charge in [0.2, 0.25) is 0 Å². The van der Waals surface area contributed by atoms with E-state index in [9.17, 15) is 9.00 Å². The Morgan fingerprint density at radius 3 is 2.26 bits per heavy atom. The lowest BCUT2D eigenvalue weighted by Crippen LogP contribution is -2.54. The van der Waals surface area contributed by atoms with E-state index in [0.29, 0.717) is 6.42 Å². The van der Waals surface area contributed by atoms with Crippen molar-refractivity contribution in [2.75, 3.05) is 6.61 Å². The second kappa shape index (κ2) is 7.88. The summed E-state index contributed by atoms with van der Waals surface area (Å²) in [6.07, 6.45) is 0.317. The summed E-state index contributed by atoms with van der Waals surface area (Å²) >= 11 is 0. The van der Waals surface area contributed by atoms with E-state index in [2.05, 4.69) is 11.3 Å². The van der Waals surface area contributed by atoms with Gasteiger partial charge in [0.15, 0.2) is 0 Å². The Morgan fingerprint density at radius 2 is 1.78 bits per heavy atom. The van der Waals surface area contributed by atoms with Crippen LogP contribution in [0.15, 0.2) is 36.9 Å². The summed E-state index contributed by atoms with van der Waals surface area (Å²) in [5.41, 5.74) is 0.645. The van der Waals surface area contributed by atoms with Crippen LogP contribution in [0, 0.1) is 0 Å². The SMILES string of the molecule is C=C(C[C@](C)(NS(=O)C(C)(C)C)C(=O)OCC)c1ccccc1. The van der Waals surface area contributed by atoms with Gasteiger partial charge in [0.1, 0.15) is 5.54 Å². The molecule has 5 heteroatoms. The molecule has 1 aromatic carbocycles. The minimum atomic E-state index is -1.40. The van der Waals surface area contributed by atoms with Gasteiger partial charge < -0.3 is 4.74 Å². The van der Waals surface area contributed by atoms with E-state index in [-0.39, 0.29) is 6.61 Å². The third kappa shape index (κ3) is 5.59. The van der Waals surface area contributed by atoms with Crippen LogP contribution < -0.4 is 4.72 Å². The van der Waals surface area contributed by atoms with Crippen molar-refractivity contribution in [3.63, 3.8) is 0 Å². The monoisotopic (exact) mass is 337 g/mol. The fraction of sp³-hybridized carbons (Fsp3) is 0.500. The predicted octanol–water partition coefficient (Wildman–Crippen LogP) is 3.46. The fourth-order valence-corrected chi connectivity index (χ4v) is 2.87. The average Bonchev–Trinajstić information content (AvgIpc) is 2.47. The summed E-state index contributed by atoms with van der Waals surface area (Å²) in [6.45, 7) is 13.4. The summed E-state index contributed by atoms with van der Waals surface area (Å²) in [4.78, 5) is 12.4. The minimum absolute atomic E-state index is 0.274. The highest BCUT2D eigenvalue weighted by atomic mass is 32.2. The molecule has 0 aliphatic rings. The number of esters is 1. The summed E-state index contributed by atoms with van der Waals surface area (Å²) in [7, 11) is -1.40. The topological polar surface area (TPSA) is 55.4 Å². The highest BCUT2D eigenvalue weighted by Crippen LogP contribution is 2.26. The van der Waals surface area contributed by atoms with Crippen LogP contribution in [-0.4, -0.2) is 27.1 Å². The first-order valence-electron chi connectivity index (χ1n) is 7.70. The van der Waals surface area contributed by atoms with Gasteiger partial charge in [-0.2, -0.15) is 0 Å². The molecule has 0 heterocycles. The third-order valence-electron chi connectivity index (χ3n) is 3.35. The molecule has 0 saturated carbocycles. The number of carbonyl (C=O) groups excluding carboxylic acids is 1. The van der Waals surface area contributed by atoms with Crippen LogP contribution in [0.25, 0.3) is 5.57 Å². The lowest BCUT2D eigenvalue weighted by atomic mass is 9.91. The van der Waals surface area contributed by atoms with Crippen molar-refractivity contribution in [1.82, 2.24) is 4.72 Å². The van der Waals surface area contributed by atoms with Crippen molar-refractivity contribution >= 4 is 22.5 Å². The normalized spacial score (nSPS) is 15.5. The second-order valence-corrected chi connectivity index (χ2v) is 8.65. The zero-order valence-corrected chi connectivity index (χ0v) is 15.5. The quantitative estimate of drug-likeness (QED) is 0.775. The van der Waals surface area contributed by atoms with Gasteiger partial charge in [-0.05, 0) is 45.8 Å². The van der Waals surface area contributed by atoms with Crippen molar-refractivity contribution in [1.29, 1.82) is 0 Å². The maximum atomic E-state index is 12.5. The molecule has 4 nitrogen and oxygen atoms in total. The second-order valence-electron chi connectivity index (χ2n) is 6.68. The van der Waals surface area contributed by atoms with Crippen molar-refractivity contribution in [2.45, 2.75) is 51.3 Å². The Kier molecular flexibility index (Phi) is 6.71. The molecule has 1 N–H and O–H groups in total. The van der Waals surface area contributed by atoms with Crippen molar-refractivity contribution < 1.29 is 13.7 Å². The zero-order chi connectivity index (χ0) is 17.7. The number of ether oxygens (including phenoxy) is 1. The molecule has 0 aromatic heterocycles. The number of carbonyl (C=O) groups is 1. The maximum Gasteiger partial charge on any atom is 0.327 e. The summed E-state index contributed by atoms with van der Waals surface area (Å²) < 4.78 is 20.1. The first-order valence-corrected chi connectivity index (χ1v) is 8.85. The minimum Gasteiger partial charge on any atom is -0.465 e. The van der Waals surface area contributed by atoms with Gasteiger partial charge in [0.25, 0.3) is 0 Å². The summed E-state index contributed by atoms with van der Waals surface area (Å²) in [6, 6.07) is 9.64. The molecule has 0 spiro atoms. The number of nitrogens with one attached hydrogen (secondary N) is 1. The largest absolute Gasteiger partial charge is 0.465 e. The standard InChI is InChI=1S/C18H27NO3S/c1-7-22-16(20)18(6,19-23(21)17(3,4)5)13-14(2)15-11-9-8-10-12-15/h8-12,19H,2,7,13H2,1,3-6H3/t18-,23?/m0/s1. The molecule has 0 saturated heterocycles. The molecule has 0 amide bonds. The smallest absolute Gasteiger partial charge is 0.327 e. The number of rotatable bonds is 7. The van der Waals surface area contributed by atoms with Crippen LogP contribution in [-0.2, 0) is 20.5 Å². The Bertz CT molecular complexity index is 578. The van der Waals surface area contributed by atoms with E-state index in [0.717, 1.165) is 11.1 Å². The highest BCUT2D eigenvalue weighted by Gasteiger charge is 2.39. The van der Waals surface area contributed by atoms with Gasteiger partial charge in [0.05, 0.1) is 22.3 Å². The maximum absolute atomic E-state index is 12.5. The number of benzene rings is 1. The van der Waals surface area contributed by atoms with Gasteiger partial charge in [-0.15, -0.1) is 0 Å². The Morgan fingerprint density at radius 1 is 1.22 bits per heavy atom. The van der Waals surface area contributed by atoms with E-state index < -0.39 is 27.2 Å².